The molecule has 0 aliphatic heterocycles. The number of hydrogen-bond donors (Lipinski definition) is 2. The molecule has 1 aliphatic rings. The minimum Gasteiger partial charge on any atom is -0.508 e. The van der Waals surface area contributed by atoms with Crippen molar-refractivity contribution in [1.29, 1.82) is 0 Å². The maximum atomic E-state index is 12.5. The van der Waals surface area contributed by atoms with Crippen molar-refractivity contribution in [2.24, 2.45) is 17.8 Å². The molecule has 3 unspecified atom stereocenters. The van der Waals surface area contributed by atoms with E-state index in [0.29, 0.717) is 35.5 Å². The average Bonchev–Trinajstić information content (AvgIpc) is 2.81. The first-order valence-corrected chi connectivity index (χ1v) is 12.3. The van der Waals surface area contributed by atoms with Crippen LogP contribution in [0.25, 0.3) is 0 Å². The van der Waals surface area contributed by atoms with Gasteiger partial charge in [0.1, 0.15) is 12.4 Å². The van der Waals surface area contributed by atoms with Gasteiger partial charge in [0.2, 0.25) is 5.91 Å². The molecule has 2 aromatic rings. The fraction of sp³-hybridized carbons (Fsp3) is 0.519. The summed E-state index contributed by atoms with van der Waals surface area (Å²) in [4.78, 5) is 25.6. The van der Waals surface area contributed by atoms with Crippen LogP contribution in [0.4, 0.5) is 11.4 Å². The lowest BCUT2D eigenvalue weighted by molar-refractivity contribution is -0.385. The number of ether oxygens (including phenoxy) is 1. The molecule has 0 spiro atoms. The van der Waals surface area contributed by atoms with Crippen molar-refractivity contribution in [2.75, 3.05) is 18.6 Å². The lowest BCUT2D eigenvalue weighted by atomic mass is 9.75. The van der Waals surface area contributed by atoms with E-state index in [4.69, 9.17) is 4.74 Å². The fourth-order valence-electron chi connectivity index (χ4n) is 4.86. The quantitative estimate of drug-likeness (QED) is 0.363. The van der Waals surface area contributed by atoms with Crippen molar-refractivity contribution in [3.63, 3.8) is 0 Å². The molecule has 1 amide bonds. The summed E-state index contributed by atoms with van der Waals surface area (Å²) in [5, 5.41) is 24.2. The number of phenols is 1. The Balaban J connectivity index is 1.59. The zero-order chi connectivity index (χ0) is 25.5. The van der Waals surface area contributed by atoms with Crippen LogP contribution in [0.15, 0.2) is 42.5 Å². The molecular weight excluding hydrogens is 446 g/mol. The topological polar surface area (TPSA) is 105 Å². The summed E-state index contributed by atoms with van der Waals surface area (Å²) in [7, 11) is 1.83. The average molecular weight is 484 g/mol. The molecule has 0 radical (unpaired) electrons. The summed E-state index contributed by atoms with van der Waals surface area (Å²) in [5.41, 5.74) is 1.94. The number of anilines is 1. The SMILES string of the molecule is CC1CCC(C(C)C)C(OCC(=O)NCc2ccc(N(C)Cc3cccc(O)c3)cc2[N+](=O)[O-])C1. The highest BCUT2D eigenvalue weighted by Crippen LogP contribution is 2.35. The monoisotopic (exact) mass is 483 g/mol. The number of phenolic OH excluding ortho intramolecular Hbond substituents is 1. The molecule has 2 aromatic carbocycles. The van der Waals surface area contributed by atoms with Crippen molar-refractivity contribution in [3.8, 4) is 5.75 Å². The Morgan fingerprint density at radius 3 is 2.71 bits per heavy atom. The Morgan fingerprint density at radius 1 is 1.26 bits per heavy atom. The Morgan fingerprint density at radius 2 is 2.03 bits per heavy atom. The summed E-state index contributed by atoms with van der Waals surface area (Å²) >= 11 is 0. The van der Waals surface area contributed by atoms with Gasteiger partial charge in [0.05, 0.1) is 11.0 Å². The molecule has 0 heterocycles. The third kappa shape index (κ3) is 7.42. The zero-order valence-electron chi connectivity index (χ0n) is 21.1. The van der Waals surface area contributed by atoms with Gasteiger partial charge in [-0.15, -0.1) is 0 Å². The number of nitrogens with zero attached hydrogens (tertiary/aromatic N) is 2. The van der Waals surface area contributed by atoms with Gasteiger partial charge in [0, 0.05) is 37.5 Å². The highest BCUT2D eigenvalue weighted by molar-refractivity contribution is 5.77. The van der Waals surface area contributed by atoms with E-state index < -0.39 is 4.92 Å². The number of amides is 1. The van der Waals surface area contributed by atoms with E-state index in [1.54, 1.807) is 30.3 Å². The summed E-state index contributed by atoms with van der Waals surface area (Å²) in [6, 6.07) is 11.9. The summed E-state index contributed by atoms with van der Waals surface area (Å²) in [5.74, 6) is 1.44. The number of nitrogens with one attached hydrogen (secondary N) is 1. The number of rotatable bonds is 10. The number of carbonyl (C=O) groups is 1. The van der Waals surface area contributed by atoms with Crippen molar-refractivity contribution in [3.05, 3.63) is 63.7 Å². The van der Waals surface area contributed by atoms with Crippen LogP contribution in [0.1, 0.15) is 51.2 Å². The van der Waals surface area contributed by atoms with Crippen LogP contribution in [-0.4, -0.2) is 35.7 Å². The minimum absolute atomic E-state index is 0.0425. The lowest BCUT2D eigenvalue weighted by Gasteiger charge is -2.37. The van der Waals surface area contributed by atoms with Gasteiger partial charge in [-0.1, -0.05) is 39.3 Å². The highest BCUT2D eigenvalue weighted by Gasteiger charge is 2.31. The molecule has 3 rings (SSSR count). The molecule has 35 heavy (non-hydrogen) atoms. The molecule has 1 aliphatic carbocycles. The van der Waals surface area contributed by atoms with Gasteiger partial charge < -0.3 is 20.1 Å². The van der Waals surface area contributed by atoms with E-state index in [-0.39, 0.29) is 36.6 Å². The van der Waals surface area contributed by atoms with E-state index in [2.05, 4.69) is 26.1 Å². The maximum Gasteiger partial charge on any atom is 0.276 e. The van der Waals surface area contributed by atoms with Crippen LogP contribution in [0.2, 0.25) is 0 Å². The molecule has 0 saturated heterocycles. The lowest BCUT2D eigenvalue weighted by Crippen LogP contribution is -2.37. The van der Waals surface area contributed by atoms with E-state index in [1.165, 1.54) is 12.5 Å². The second-order valence-corrected chi connectivity index (χ2v) is 10.0. The predicted molar refractivity (Wildman–Crippen MR) is 136 cm³/mol. The number of nitro groups is 1. The van der Waals surface area contributed by atoms with E-state index in [1.807, 2.05) is 18.0 Å². The van der Waals surface area contributed by atoms with E-state index in [0.717, 1.165) is 18.4 Å². The molecule has 0 aromatic heterocycles. The Labute approximate surface area is 207 Å². The summed E-state index contributed by atoms with van der Waals surface area (Å²) < 4.78 is 6.00. The minimum atomic E-state index is -0.430. The van der Waals surface area contributed by atoms with Gasteiger partial charge in [-0.2, -0.15) is 0 Å². The molecule has 3 atom stereocenters. The van der Waals surface area contributed by atoms with Crippen molar-refractivity contribution in [2.45, 2.75) is 59.2 Å². The largest absolute Gasteiger partial charge is 0.508 e. The molecule has 1 fully saturated rings. The number of benzene rings is 2. The molecule has 190 valence electrons. The van der Waals surface area contributed by atoms with Crippen LogP contribution in [0.5, 0.6) is 5.75 Å². The normalized spacial score (nSPS) is 20.0. The number of hydrogen-bond acceptors (Lipinski definition) is 6. The highest BCUT2D eigenvalue weighted by atomic mass is 16.6. The van der Waals surface area contributed by atoms with Crippen LogP contribution in [0, 0.1) is 27.9 Å². The second kappa shape index (κ2) is 12.0. The Bertz CT molecular complexity index is 1030. The van der Waals surface area contributed by atoms with Gasteiger partial charge >= 0.3 is 0 Å². The summed E-state index contributed by atoms with van der Waals surface area (Å²) in [6.07, 6.45) is 3.33. The van der Waals surface area contributed by atoms with Gasteiger partial charge in [-0.3, -0.25) is 14.9 Å². The molecule has 8 heteroatoms. The molecule has 0 bridgehead atoms. The third-order valence-electron chi connectivity index (χ3n) is 6.90. The summed E-state index contributed by atoms with van der Waals surface area (Å²) in [6.45, 7) is 7.11. The first-order valence-electron chi connectivity index (χ1n) is 12.3. The standard InChI is InChI=1S/C27H37N3O5/c1-18(2)24-11-8-19(3)12-26(24)35-17-27(32)28-15-21-9-10-22(14-25(21)30(33)34)29(4)16-20-6-5-7-23(31)13-20/h5-7,9-10,13-14,18-19,24,26,31H,8,11-12,15-17H2,1-4H3,(H,28,32). The third-order valence-corrected chi connectivity index (χ3v) is 6.90. The van der Waals surface area contributed by atoms with Crippen molar-refractivity contribution < 1.29 is 19.6 Å². The van der Waals surface area contributed by atoms with Gasteiger partial charge in [-0.25, -0.2) is 0 Å². The molecular formula is C27H37N3O5. The number of aromatic hydroxyl groups is 1. The molecule has 2 N–H and O–H groups in total. The first kappa shape index (κ1) is 26.5. The number of carbonyl (C=O) groups excluding carboxylic acids is 1. The van der Waals surface area contributed by atoms with Gasteiger partial charge in [0.15, 0.2) is 0 Å². The molecule has 8 nitrogen and oxygen atoms in total. The maximum absolute atomic E-state index is 12.5. The van der Waals surface area contributed by atoms with Crippen molar-refractivity contribution in [1.82, 2.24) is 5.32 Å². The van der Waals surface area contributed by atoms with Crippen LogP contribution in [-0.2, 0) is 22.6 Å². The van der Waals surface area contributed by atoms with E-state index >= 15 is 0 Å². The Hall–Kier alpha value is -3.13. The molecule has 1 saturated carbocycles. The smallest absolute Gasteiger partial charge is 0.276 e. The Kier molecular flexibility index (Phi) is 9.09. The van der Waals surface area contributed by atoms with Crippen molar-refractivity contribution >= 4 is 17.3 Å². The second-order valence-electron chi connectivity index (χ2n) is 10.0. The van der Waals surface area contributed by atoms with Crippen LogP contribution < -0.4 is 10.2 Å². The van der Waals surface area contributed by atoms with E-state index in [9.17, 15) is 20.0 Å². The fourth-order valence-corrected chi connectivity index (χ4v) is 4.86. The predicted octanol–water partition coefficient (Wildman–Crippen LogP) is 5.03. The van der Waals surface area contributed by atoms with Crippen LogP contribution in [0.3, 0.4) is 0 Å². The number of nitro benzene ring substituents is 1. The first-order chi connectivity index (χ1) is 16.6. The zero-order valence-corrected chi connectivity index (χ0v) is 21.1. The van der Waals surface area contributed by atoms with Gasteiger partial charge in [-0.05, 0) is 60.4 Å². The van der Waals surface area contributed by atoms with Crippen LogP contribution >= 0.6 is 0 Å². The van der Waals surface area contributed by atoms with Gasteiger partial charge in [0.25, 0.3) is 5.69 Å².